The quantitative estimate of drug-likeness (QED) is 0.937. The lowest BCUT2D eigenvalue weighted by Gasteiger charge is -2.13. The second-order valence-electron chi connectivity index (χ2n) is 5.30. The van der Waals surface area contributed by atoms with Crippen molar-refractivity contribution in [2.24, 2.45) is 0 Å². The number of nitrogens with zero attached hydrogens (tertiary/aromatic N) is 1. The van der Waals surface area contributed by atoms with Crippen LogP contribution in [-0.4, -0.2) is 17.0 Å². The molecule has 1 atom stereocenters. The van der Waals surface area contributed by atoms with Gasteiger partial charge in [-0.05, 0) is 56.9 Å². The second-order valence-corrected chi connectivity index (χ2v) is 6.38. The highest BCUT2D eigenvalue weighted by atomic mass is 32.1. The summed E-state index contributed by atoms with van der Waals surface area (Å²) in [6, 6.07) is 5.60. The van der Waals surface area contributed by atoms with Gasteiger partial charge in [0.15, 0.2) is 11.2 Å². The lowest BCUT2D eigenvalue weighted by atomic mass is 10.0. The molecule has 1 N–H and O–H groups in total. The number of nitrogens with one attached hydrogen (secondary N) is 1. The fourth-order valence-corrected chi connectivity index (χ4v) is 3.44. The van der Waals surface area contributed by atoms with E-state index in [1.54, 1.807) is 18.3 Å². The fraction of sp³-hybridized carbons (Fsp3) is 0.375. The summed E-state index contributed by atoms with van der Waals surface area (Å²) in [6.07, 6.45) is 3.71. The third kappa shape index (κ3) is 3.44. The summed E-state index contributed by atoms with van der Waals surface area (Å²) in [5, 5.41) is 3.43. The van der Waals surface area contributed by atoms with Crippen LogP contribution in [0.5, 0.6) is 5.75 Å². The number of aryl methyl sites for hydroxylation is 2. The molecule has 116 valence electrons. The molecule has 22 heavy (non-hydrogen) atoms. The molecule has 0 bridgehead atoms. The Kier molecular flexibility index (Phi) is 4.38. The normalized spacial score (nSPS) is 15.0. The Balaban J connectivity index is 1.61. The third-order valence-electron chi connectivity index (χ3n) is 3.57. The van der Waals surface area contributed by atoms with Crippen LogP contribution in [0.1, 0.15) is 30.3 Å². The molecule has 1 aliphatic carbocycles. The number of fused-ring (bicyclic) bond motifs is 1. The number of hydrogen-bond donors (Lipinski definition) is 1. The minimum absolute atomic E-state index is 0.254. The summed E-state index contributed by atoms with van der Waals surface area (Å²) in [7, 11) is 0. The summed E-state index contributed by atoms with van der Waals surface area (Å²) in [6.45, 7) is 1.66. The van der Waals surface area contributed by atoms with E-state index >= 15 is 0 Å². The maximum atomic E-state index is 12.8. The van der Waals surface area contributed by atoms with Crippen LogP contribution in [0, 0.1) is 5.82 Å². The third-order valence-corrected chi connectivity index (χ3v) is 4.64. The van der Waals surface area contributed by atoms with Gasteiger partial charge >= 0.3 is 0 Å². The zero-order chi connectivity index (χ0) is 15.5. The zero-order valence-corrected chi connectivity index (χ0v) is 13.1. The van der Waals surface area contributed by atoms with Crippen molar-refractivity contribution in [3.05, 3.63) is 40.7 Å². The number of carbonyl (C=O) groups excluding carboxylic acids is 1. The lowest BCUT2D eigenvalue weighted by molar-refractivity contribution is -0.122. The van der Waals surface area contributed by atoms with E-state index < -0.39 is 6.10 Å². The summed E-state index contributed by atoms with van der Waals surface area (Å²) < 4.78 is 18.3. The molecule has 0 fully saturated rings. The van der Waals surface area contributed by atoms with Gasteiger partial charge in [-0.15, -0.1) is 11.3 Å². The summed E-state index contributed by atoms with van der Waals surface area (Å²) in [5.74, 6) is -0.129. The summed E-state index contributed by atoms with van der Waals surface area (Å²) >= 11 is 1.54. The topological polar surface area (TPSA) is 51.2 Å². The lowest BCUT2D eigenvalue weighted by Crippen LogP contribution is -2.30. The van der Waals surface area contributed by atoms with Crippen molar-refractivity contribution >= 4 is 22.4 Å². The Morgan fingerprint density at radius 1 is 1.32 bits per heavy atom. The molecule has 0 radical (unpaired) electrons. The highest BCUT2D eigenvalue weighted by Crippen LogP contribution is 2.29. The van der Waals surface area contributed by atoms with Gasteiger partial charge in [-0.25, -0.2) is 9.37 Å². The highest BCUT2D eigenvalue weighted by molar-refractivity contribution is 7.15. The van der Waals surface area contributed by atoms with E-state index in [9.17, 15) is 9.18 Å². The molecule has 4 nitrogen and oxygen atoms in total. The average molecular weight is 320 g/mol. The highest BCUT2D eigenvalue weighted by Gasteiger charge is 2.19. The SMILES string of the molecule is C[C@H](Oc1ccc(F)cc1)C(=O)Nc1nc2c(s1)CCCC2. The van der Waals surface area contributed by atoms with Gasteiger partial charge in [-0.2, -0.15) is 0 Å². The van der Waals surface area contributed by atoms with Crippen LogP contribution in [0.25, 0.3) is 0 Å². The molecule has 1 heterocycles. The predicted octanol–water partition coefficient (Wildman–Crippen LogP) is 3.57. The monoisotopic (exact) mass is 320 g/mol. The molecule has 0 unspecified atom stereocenters. The molecule has 3 rings (SSSR count). The molecular formula is C16H17FN2O2S. The Morgan fingerprint density at radius 2 is 2.05 bits per heavy atom. The Labute approximate surface area is 132 Å². The minimum atomic E-state index is -0.675. The number of aromatic nitrogens is 1. The van der Waals surface area contributed by atoms with Crippen LogP contribution in [0.15, 0.2) is 24.3 Å². The number of anilines is 1. The first-order valence-corrected chi connectivity index (χ1v) is 8.15. The standard InChI is InChI=1S/C16H17FN2O2S/c1-10(21-12-8-6-11(17)7-9-12)15(20)19-16-18-13-4-2-3-5-14(13)22-16/h6-10H,2-5H2,1H3,(H,18,19,20)/t10-/m0/s1. The van der Waals surface area contributed by atoms with Gasteiger partial charge in [-0.1, -0.05) is 0 Å². The van der Waals surface area contributed by atoms with Crippen molar-refractivity contribution in [3.63, 3.8) is 0 Å². The minimum Gasteiger partial charge on any atom is -0.481 e. The number of amides is 1. The largest absolute Gasteiger partial charge is 0.481 e. The Hall–Kier alpha value is -1.95. The summed E-state index contributed by atoms with van der Waals surface area (Å²) in [4.78, 5) is 17.9. The average Bonchev–Trinajstić information content (AvgIpc) is 2.91. The van der Waals surface area contributed by atoms with Crippen LogP contribution in [0.3, 0.4) is 0 Å². The van der Waals surface area contributed by atoms with E-state index in [1.807, 2.05) is 0 Å². The van der Waals surface area contributed by atoms with Gasteiger partial charge in [0.2, 0.25) is 0 Å². The van der Waals surface area contributed by atoms with Gasteiger partial charge in [0.25, 0.3) is 5.91 Å². The first-order valence-electron chi connectivity index (χ1n) is 7.33. The fourth-order valence-electron chi connectivity index (χ4n) is 2.38. The van der Waals surface area contributed by atoms with Crippen molar-refractivity contribution in [2.45, 2.75) is 38.7 Å². The van der Waals surface area contributed by atoms with Gasteiger partial charge in [0.1, 0.15) is 11.6 Å². The van der Waals surface area contributed by atoms with Gasteiger partial charge in [-0.3, -0.25) is 10.1 Å². The van der Waals surface area contributed by atoms with E-state index in [-0.39, 0.29) is 11.7 Å². The molecule has 1 aliphatic rings. The first-order chi connectivity index (χ1) is 10.6. The molecule has 0 spiro atoms. The molecular weight excluding hydrogens is 303 g/mol. The predicted molar refractivity (Wildman–Crippen MR) is 83.9 cm³/mol. The Morgan fingerprint density at radius 3 is 2.77 bits per heavy atom. The van der Waals surface area contributed by atoms with E-state index in [2.05, 4.69) is 10.3 Å². The molecule has 6 heteroatoms. The molecule has 0 saturated carbocycles. The molecule has 1 amide bonds. The first kappa shape index (κ1) is 15.0. The van der Waals surface area contributed by atoms with Crippen molar-refractivity contribution in [1.82, 2.24) is 4.98 Å². The van der Waals surface area contributed by atoms with Crippen LogP contribution >= 0.6 is 11.3 Å². The number of halogens is 1. The van der Waals surface area contributed by atoms with Crippen molar-refractivity contribution in [1.29, 1.82) is 0 Å². The second kappa shape index (κ2) is 6.44. The Bertz CT molecular complexity index is 646. The number of benzene rings is 1. The zero-order valence-electron chi connectivity index (χ0n) is 12.3. The number of ether oxygens (including phenoxy) is 1. The molecule has 1 aromatic carbocycles. The van der Waals surface area contributed by atoms with E-state index in [4.69, 9.17) is 4.74 Å². The number of hydrogen-bond acceptors (Lipinski definition) is 4. The van der Waals surface area contributed by atoms with Crippen LogP contribution < -0.4 is 10.1 Å². The summed E-state index contributed by atoms with van der Waals surface area (Å²) in [5.41, 5.74) is 1.11. The van der Waals surface area contributed by atoms with Crippen molar-refractivity contribution < 1.29 is 13.9 Å². The van der Waals surface area contributed by atoms with Crippen LogP contribution in [0.2, 0.25) is 0 Å². The van der Waals surface area contributed by atoms with Crippen molar-refractivity contribution in [2.75, 3.05) is 5.32 Å². The van der Waals surface area contributed by atoms with Crippen LogP contribution in [-0.2, 0) is 17.6 Å². The van der Waals surface area contributed by atoms with Crippen molar-refractivity contribution in [3.8, 4) is 5.75 Å². The van der Waals surface area contributed by atoms with E-state index in [0.717, 1.165) is 25.0 Å². The smallest absolute Gasteiger partial charge is 0.266 e. The van der Waals surface area contributed by atoms with Gasteiger partial charge in [0, 0.05) is 4.88 Å². The molecule has 0 saturated heterocycles. The molecule has 0 aliphatic heterocycles. The van der Waals surface area contributed by atoms with Crippen LogP contribution in [0.4, 0.5) is 9.52 Å². The van der Waals surface area contributed by atoms with E-state index in [1.165, 1.54) is 35.6 Å². The molecule has 2 aromatic rings. The number of rotatable bonds is 4. The number of thiazole rings is 1. The van der Waals surface area contributed by atoms with Gasteiger partial charge in [0.05, 0.1) is 5.69 Å². The molecule has 1 aromatic heterocycles. The maximum Gasteiger partial charge on any atom is 0.266 e. The van der Waals surface area contributed by atoms with Gasteiger partial charge < -0.3 is 4.74 Å². The number of carbonyl (C=O) groups is 1. The van der Waals surface area contributed by atoms with E-state index in [0.29, 0.717) is 10.9 Å². The maximum absolute atomic E-state index is 12.8.